The summed E-state index contributed by atoms with van der Waals surface area (Å²) in [6.45, 7) is 6.68. The van der Waals surface area contributed by atoms with Crippen molar-refractivity contribution in [2.75, 3.05) is 53.4 Å². The first kappa shape index (κ1) is 23.0. The topological polar surface area (TPSA) is 62.6 Å². The second-order valence-electron chi connectivity index (χ2n) is 8.56. The maximum Gasteiger partial charge on any atom is 0.255 e. The lowest BCUT2D eigenvalue weighted by atomic mass is 10.1. The second-order valence-corrected chi connectivity index (χ2v) is 8.56. The third-order valence-corrected chi connectivity index (χ3v) is 6.09. The average Bonchev–Trinajstić information content (AvgIpc) is 3.27. The summed E-state index contributed by atoms with van der Waals surface area (Å²) < 4.78 is 7.12. The lowest BCUT2D eigenvalue weighted by molar-refractivity contribution is 0.0950. The second kappa shape index (κ2) is 11.1. The molecule has 2 aromatic carbocycles. The highest BCUT2D eigenvalue weighted by Gasteiger charge is 2.19. The number of rotatable bonds is 9. The fourth-order valence-corrected chi connectivity index (χ4v) is 4.07. The van der Waals surface area contributed by atoms with E-state index in [1.54, 1.807) is 7.11 Å². The average molecular weight is 448 g/mol. The summed E-state index contributed by atoms with van der Waals surface area (Å²) in [5.41, 5.74) is 3.31. The van der Waals surface area contributed by atoms with Crippen molar-refractivity contribution in [3.63, 3.8) is 0 Å². The van der Waals surface area contributed by atoms with Gasteiger partial charge < -0.3 is 19.9 Å². The molecule has 0 radical (unpaired) electrons. The molecule has 0 saturated carbocycles. The number of piperazine rings is 1. The summed E-state index contributed by atoms with van der Waals surface area (Å²) in [6, 6.07) is 17.8. The van der Waals surface area contributed by atoms with Gasteiger partial charge in [-0.3, -0.25) is 9.48 Å². The zero-order valence-corrected chi connectivity index (χ0v) is 19.5. The van der Waals surface area contributed by atoms with Crippen molar-refractivity contribution in [1.82, 2.24) is 24.9 Å². The van der Waals surface area contributed by atoms with Crippen molar-refractivity contribution in [3.05, 3.63) is 71.9 Å². The van der Waals surface area contributed by atoms with Crippen LogP contribution in [0.5, 0.6) is 5.75 Å². The summed E-state index contributed by atoms with van der Waals surface area (Å²) in [6.07, 6.45) is 2.79. The lowest BCUT2D eigenvalue weighted by Gasteiger charge is -2.32. The largest absolute Gasteiger partial charge is 0.497 e. The standard InChI is InChI=1S/C26H33N5O2/c1-29-15-17-30(18-16-29)14-6-13-27-26(32)24-20-31(19-21-7-4-3-5-8-21)28-25(24)22-9-11-23(33-2)12-10-22/h3-5,7-12,20H,6,13-19H2,1-2H3,(H,27,32). The van der Waals surface area contributed by atoms with Gasteiger partial charge >= 0.3 is 0 Å². The molecule has 1 aliphatic heterocycles. The normalized spacial score (nSPS) is 14.8. The first-order valence-corrected chi connectivity index (χ1v) is 11.6. The van der Waals surface area contributed by atoms with Gasteiger partial charge in [0.1, 0.15) is 11.4 Å². The van der Waals surface area contributed by atoms with E-state index >= 15 is 0 Å². The van der Waals surface area contributed by atoms with Gasteiger partial charge in [0.2, 0.25) is 0 Å². The Hall–Kier alpha value is -3.16. The molecule has 174 valence electrons. The van der Waals surface area contributed by atoms with Gasteiger partial charge in [0.05, 0.1) is 19.2 Å². The summed E-state index contributed by atoms with van der Waals surface area (Å²) in [4.78, 5) is 17.9. The third-order valence-electron chi connectivity index (χ3n) is 6.09. The lowest BCUT2D eigenvalue weighted by Crippen LogP contribution is -2.45. The molecule has 0 bridgehead atoms. The summed E-state index contributed by atoms with van der Waals surface area (Å²) in [5.74, 6) is 0.691. The van der Waals surface area contributed by atoms with E-state index in [2.05, 4.69) is 34.3 Å². The highest BCUT2D eigenvalue weighted by Crippen LogP contribution is 2.25. The molecule has 4 rings (SSSR count). The van der Waals surface area contributed by atoms with Crippen LogP contribution in [0.4, 0.5) is 0 Å². The van der Waals surface area contributed by atoms with E-state index in [1.165, 1.54) is 0 Å². The van der Waals surface area contributed by atoms with Crippen LogP contribution in [0.15, 0.2) is 60.8 Å². The Kier molecular flexibility index (Phi) is 7.75. The maximum atomic E-state index is 13.1. The number of methoxy groups -OCH3 is 1. The Morgan fingerprint density at radius 1 is 1.03 bits per heavy atom. The van der Waals surface area contributed by atoms with E-state index < -0.39 is 0 Å². The van der Waals surface area contributed by atoms with Crippen molar-refractivity contribution in [2.24, 2.45) is 0 Å². The molecule has 1 saturated heterocycles. The van der Waals surface area contributed by atoms with Crippen molar-refractivity contribution in [1.29, 1.82) is 0 Å². The van der Waals surface area contributed by atoms with Gasteiger partial charge in [0.25, 0.3) is 5.91 Å². The van der Waals surface area contributed by atoms with E-state index in [1.807, 2.05) is 53.3 Å². The highest BCUT2D eigenvalue weighted by atomic mass is 16.5. The van der Waals surface area contributed by atoms with Crippen LogP contribution >= 0.6 is 0 Å². The van der Waals surface area contributed by atoms with E-state index in [0.29, 0.717) is 24.3 Å². The molecule has 1 aliphatic rings. The van der Waals surface area contributed by atoms with Crippen LogP contribution < -0.4 is 10.1 Å². The number of nitrogens with one attached hydrogen (secondary N) is 1. The molecule has 1 fully saturated rings. The Morgan fingerprint density at radius 3 is 2.45 bits per heavy atom. The van der Waals surface area contributed by atoms with Gasteiger partial charge in [-0.05, 0) is 49.8 Å². The smallest absolute Gasteiger partial charge is 0.255 e. The number of amides is 1. The van der Waals surface area contributed by atoms with E-state index in [4.69, 9.17) is 9.84 Å². The van der Waals surface area contributed by atoms with Gasteiger partial charge in [-0.15, -0.1) is 0 Å². The molecule has 7 heteroatoms. The molecule has 0 aliphatic carbocycles. The minimum absolute atomic E-state index is 0.0847. The van der Waals surface area contributed by atoms with E-state index in [0.717, 1.165) is 56.0 Å². The number of carbonyl (C=O) groups is 1. The third kappa shape index (κ3) is 6.21. The summed E-state index contributed by atoms with van der Waals surface area (Å²) in [5, 5.41) is 7.87. The Morgan fingerprint density at radius 2 is 1.76 bits per heavy atom. The van der Waals surface area contributed by atoms with Crippen LogP contribution in [0.25, 0.3) is 11.3 Å². The van der Waals surface area contributed by atoms with Gasteiger partial charge in [-0.2, -0.15) is 5.10 Å². The van der Waals surface area contributed by atoms with Crippen molar-refractivity contribution in [2.45, 2.75) is 13.0 Å². The zero-order chi connectivity index (χ0) is 23.0. The molecule has 2 heterocycles. The van der Waals surface area contributed by atoms with Crippen LogP contribution in [0.2, 0.25) is 0 Å². The van der Waals surface area contributed by atoms with Crippen LogP contribution in [-0.4, -0.2) is 78.9 Å². The number of hydrogen-bond acceptors (Lipinski definition) is 5. The molecule has 7 nitrogen and oxygen atoms in total. The first-order valence-electron chi connectivity index (χ1n) is 11.6. The Balaban J connectivity index is 1.44. The molecule has 0 unspecified atom stereocenters. The number of ether oxygens (including phenoxy) is 1. The van der Waals surface area contributed by atoms with Crippen molar-refractivity contribution >= 4 is 5.91 Å². The minimum Gasteiger partial charge on any atom is -0.497 e. The predicted molar refractivity (Wildman–Crippen MR) is 131 cm³/mol. The summed E-state index contributed by atoms with van der Waals surface area (Å²) >= 11 is 0. The van der Waals surface area contributed by atoms with Crippen LogP contribution in [0.1, 0.15) is 22.3 Å². The summed E-state index contributed by atoms with van der Waals surface area (Å²) in [7, 11) is 3.81. The van der Waals surface area contributed by atoms with E-state index in [9.17, 15) is 4.79 Å². The van der Waals surface area contributed by atoms with Crippen LogP contribution in [0, 0.1) is 0 Å². The van der Waals surface area contributed by atoms with Crippen molar-refractivity contribution in [3.8, 4) is 17.0 Å². The number of hydrogen-bond donors (Lipinski definition) is 1. The predicted octanol–water partition coefficient (Wildman–Crippen LogP) is 2.97. The number of nitrogens with zero attached hydrogens (tertiary/aromatic N) is 4. The minimum atomic E-state index is -0.0847. The van der Waals surface area contributed by atoms with Gasteiger partial charge in [-0.1, -0.05) is 30.3 Å². The molecular weight excluding hydrogens is 414 g/mol. The monoisotopic (exact) mass is 447 g/mol. The molecule has 33 heavy (non-hydrogen) atoms. The fraction of sp³-hybridized carbons (Fsp3) is 0.385. The highest BCUT2D eigenvalue weighted by molar-refractivity contribution is 5.99. The molecule has 0 atom stereocenters. The molecule has 1 aromatic heterocycles. The SMILES string of the molecule is COc1ccc(-c2nn(Cc3ccccc3)cc2C(=O)NCCCN2CCN(C)CC2)cc1. The molecule has 3 aromatic rings. The van der Waals surface area contributed by atoms with Gasteiger partial charge in [0.15, 0.2) is 0 Å². The molecule has 1 amide bonds. The van der Waals surface area contributed by atoms with Gasteiger partial charge in [0, 0.05) is 44.5 Å². The number of benzene rings is 2. The zero-order valence-electron chi connectivity index (χ0n) is 19.5. The molecule has 1 N–H and O–H groups in total. The fourth-order valence-electron chi connectivity index (χ4n) is 4.07. The first-order chi connectivity index (χ1) is 16.1. The quantitative estimate of drug-likeness (QED) is 0.511. The number of aromatic nitrogens is 2. The van der Waals surface area contributed by atoms with Gasteiger partial charge in [-0.25, -0.2) is 0 Å². The van der Waals surface area contributed by atoms with Crippen LogP contribution in [0.3, 0.4) is 0 Å². The van der Waals surface area contributed by atoms with Crippen molar-refractivity contribution < 1.29 is 9.53 Å². The Bertz CT molecular complexity index is 1020. The molecular formula is C26H33N5O2. The van der Waals surface area contributed by atoms with Crippen LogP contribution in [-0.2, 0) is 6.54 Å². The number of carbonyl (C=O) groups excluding carboxylic acids is 1. The maximum absolute atomic E-state index is 13.1. The Labute approximate surface area is 196 Å². The number of likely N-dealkylation sites (N-methyl/N-ethyl adjacent to an activating group) is 1. The van der Waals surface area contributed by atoms with E-state index in [-0.39, 0.29) is 5.91 Å². The molecule has 0 spiro atoms.